The van der Waals surface area contributed by atoms with Gasteiger partial charge in [0.05, 0.1) is 4.92 Å². The van der Waals surface area contributed by atoms with Gasteiger partial charge in [-0.15, -0.1) is 0 Å². The summed E-state index contributed by atoms with van der Waals surface area (Å²) in [6.45, 7) is 1.95. The Hall–Kier alpha value is -3.15. The summed E-state index contributed by atoms with van der Waals surface area (Å²) in [6.07, 6.45) is 3.16. The fraction of sp³-hybridized carbons (Fsp3) is 0.167. The molecule has 2 aromatic carbocycles. The number of anilines is 1. The second-order valence-corrected chi connectivity index (χ2v) is 5.73. The molecular formula is C18H17N3O3. The van der Waals surface area contributed by atoms with Crippen LogP contribution < -0.4 is 10.2 Å². The quantitative estimate of drug-likeness (QED) is 0.695. The van der Waals surface area contributed by atoms with Crippen LogP contribution in [0.15, 0.2) is 48.5 Å². The van der Waals surface area contributed by atoms with Gasteiger partial charge in [0.1, 0.15) is 11.9 Å². The SMILES string of the molecule is Cc1ccc(C(=O)NC2C=Cc3cccc([N+](=O)[O-])c3N2C)cc1. The maximum Gasteiger partial charge on any atom is 0.293 e. The number of nitrogens with one attached hydrogen (secondary N) is 1. The van der Waals surface area contributed by atoms with Gasteiger partial charge in [0.25, 0.3) is 11.6 Å². The van der Waals surface area contributed by atoms with Crippen LogP contribution in [0.2, 0.25) is 0 Å². The van der Waals surface area contributed by atoms with Crippen molar-refractivity contribution in [3.8, 4) is 0 Å². The van der Waals surface area contributed by atoms with Gasteiger partial charge in [0.2, 0.25) is 0 Å². The van der Waals surface area contributed by atoms with Gasteiger partial charge in [0.15, 0.2) is 0 Å². The predicted octanol–water partition coefficient (Wildman–Crippen LogP) is 3.12. The van der Waals surface area contributed by atoms with Crippen LogP contribution in [0.25, 0.3) is 6.08 Å². The van der Waals surface area contributed by atoms with Crippen LogP contribution in [-0.2, 0) is 0 Å². The summed E-state index contributed by atoms with van der Waals surface area (Å²) in [6, 6.07) is 12.2. The van der Waals surface area contributed by atoms with Gasteiger partial charge in [-0.2, -0.15) is 0 Å². The number of rotatable bonds is 3. The topological polar surface area (TPSA) is 75.5 Å². The Kier molecular flexibility index (Phi) is 4.04. The molecule has 24 heavy (non-hydrogen) atoms. The first-order valence-electron chi connectivity index (χ1n) is 7.53. The molecule has 1 amide bonds. The molecule has 0 spiro atoms. The average molecular weight is 323 g/mol. The number of amides is 1. The lowest BCUT2D eigenvalue weighted by atomic mass is 10.0. The third-order valence-corrected chi connectivity index (χ3v) is 4.06. The molecule has 2 aromatic rings. The van der Waals surface area contributed by atoms with Crippen molar-refractivity contribution in [2.75, 3.05) is 11.9 Å². The lowest BCUT2D eigenvalue weighted by molar-refractivity contribution is -0.384. The van der Waals surface area contributed by atoms with Crippen LogP contribution in [-0.4, -0.2) is 24.0 Å². The molecule has 0 fully saturated rings. The molecule has 1 N–H and O–H groups in total. The zero-order valence-electron chi connectivity index (χ0n) is 13.4. The largest absolute Gasteiger partial charge is 0.345 e. The number of hydrogen-bond acceptors (Lipinski definition) is 4. The Morgan fingerprint density at radius 3 is 2.58 bits per heavy atom. The summed E-state index contributed by atoms with van der Waals surface area (Å²) in [4.78, 5) is 25.0. The zero-order chi connectivity index (χ0) is 17.3. The summed E-state index contributed by atoms with van der Waals surface area (Å²) in [7, 11) is 1.73. The summed E-state index contributed by atoms with van der Waals surface area (Å²) in [5.74, 6) is -0.224. The third kappa shape index (κ3) is 2.86. The number of nitro benzene ring substituents is 1. The summed E-state index contributed by atoms with van der Waals surface area (Å²) < 4.78 is 0. The Labute approximate surface area is 139 Å². The Morgan fingerprint density at radius 2 is 1.92 bits per heavy atom. The van der Waals surface area contributed by atoms with E-state index in [2.05, 4.69) is 5.32 Å². The van der Waals surface area contributed by atoms with E-state index in [4.69, 9.17) is 0 Å². The van der Waals surface area contributed by atoms with Crippen LogP contribution in [0, 0.1) is 17.0 Å². The van der Waals surface area contributed by atoms with Crippen molar-refractivity contribution < 1.29 is 9.72 Å². The fourth-order valence-corrected chi connectivity index (χ4v) is 2.75. The van der Waals surface area contributed by atoms with Crippen LogP contribution in [0.5, 0.6) is 0 Å². The molecule has 122 valence electrons. The minimum absolute atomic E-state index is 0.0222. The number of nitro groups is 1. The van der Waals surface area contributed by atoms with Gasteiger partial charge in [-0.05, 0) is 25.1 Å². The van der Waals surface area contributed by atoms with Crippen LogP contribution >= 0.6 is 0 Å². The average Bonchev–Trinajstić information content (AvgIpc) is 2.57. The molecule has 0 saturated heterocycles. The maximum atomic E-state index is 12.4. The normalized spacial score (nSPS) is 15.8. The number of nitrogens with zero attached hydrogens (tertiary/aromatic N) is 2. The van der Waals surface area contributed by atoms with Crippen molar-refractivity contribution >= 4 is 23.4 Å². The van der Waals surface area contributed by atoms with E-state index in [0.717, 1.165) is 11.1 Å². The summed E-state index contributed by atoms with van der Waals surface area (Å²) in [5, 5.41) is 14.2. The van der Waals surface area contributed by atoms with E-state index in [0.29, 0.717) is 11.3 Å². The number of carbonyl (C=O) groups excluding carboxylic acids is 1. The molecule has 0 aliphatic carbocycles. The molecule has 1 heterocycles. The Balaban J connectivity index is 1.86. The van der Waals surface area contributed by atoms with Gasteiger partial charge in [0, 0.05) is 24.2 Å². The van der Waals surface area contributed by atoms with E-state index in [9.17, 15) is 14.9 Å². The summed E-state index contributed by atoms with van der Waals surface area (Å²) >= 11 is 0. The minimum atomic E-state index is -0.451. The van der Waals surface area contributed by atoms with E-state index in [1.165, 1.54) is 6.07 Å². The second kappa shape index (κ2) is 6.16. The van der Waals surface area contributed by atoms with E-state index in [1.54, 1.807) is 36.2 Å². The standard InChI is InChI=1S/C18H17N3O3/c1-12-6-8-14(9-7-12)18(22)19-16-11-10-13-4-3-5-15(21(23)24)17(13)20(16)2/h3-11,16H,1-2H3,(H,19,22). The van der Waals surface area contributed by atoms with Gasteiger partial charge in [-0.3, -0.25) is 14.9 Å². The number of carbonyl (C=O) groups is 1. The number of para-hydroxylation sites is 1. The van der Waals surface area contributed by atoms with Gasteiger partial charge < -0.3 is 10.2 Å². The molecule has 6 nitrogen and oxygen atoms in total. The Morgan fingerprint density at radius 1 is 1.21 bits per heavy atom. The first kappa shape index (κ1) is 15.7. The molecule has 6 heteroatoms. The van der Waals surface area contributed by atoms with Crippen molar-refractivity contribution in [2.24, 2.45) is 0 Å². The highest BCUT2D eigenvalue weighted by atomic mass is 16.6. The van der Waals surface area contributed by atoms with E-state index < -0.39 is 11.1 Å². The van der Waals surface area contributed by atoms with E-state index in [-0.39, 0.29) is 11.6 Å². The third-order valence-electron chi connectivity index (χ3n) is 4.06. The molecule has 3 rings (SSSR count). The molecule has 1 aliphatic heterocycles. The van der Waals surface area contributed by atoms with Crippen LogP contribution in [0.1, 0.15) is 21.5 Å². The lowest BCUT2D eigenvalue weighted by Crippen LogP contribution is -2.46. The van der Waals surface area contributed by atoms with Crippen molar-refractivity contribution in [2.45, 2.75) is 13.1 Å². The molecule has 1 atom stereocenters. The van der Waals surface area contributed by atoms with Crippen molar-refractivity contribution in [1.29, 1.82) is 0 Å². The van der Waals surface area contributed by atoms with Crippen LogP contribution in [0.3, 0.4) is 0 Å². The summed E-state index contributed by atoms with van der Waals surface area (Å²) in [5.41, 5.74) is 2.90. The minimum Gasteiger partial charge on any atom is -0.345 e. The van der Waals surface area contributed by atoms with Crippen molar-refractivity contribution in [3.05, 3.63) is 75.3 Å². The fourth-order valence-electron chi connectivity index (χ4n) is 2.75. The van der Waals surface area contributed by atoms with Gasteiger partial charge in [-0.25, -0.2) is 0 Å². The highest BCUT2D eigenvalue weighted by Gasteiger charge is 2.27. The predicted molar refractivity (Wildman–Crippen MR) is 93.0 cm³/mol. The van der Waals surface area contributed by atoms with Crippen molar-refractivity contribution in [1.82, 2.24) is 5.32 Å². The van der Waals surface area contributed by atoms with Gasteiger partial charge in [-0.1, -0.05) is 35.9 Å². The molecule has 1 aliphatic rings. The first-order valence-corrected chi connectivity index (χ1v) is 7.53. The number of fused-ring (bicyclic) bond motifs is 1. The highest BCUT2D eigenvalue weighted by molar-refractivity contribution is 5.95. The lowest BCUT2D eigenvalue weighted by Gasteiger charge is -2.32. The van der Waals surface area contributed by atoms with Crippen molar-refractivity contribution in [3.63, 3.8) is 0 Å². The Bertz CT molecular complexity index is 828. The molecule has 0 saturated carbocycles. The maximum absolute atomic E-state index is 12.4. The monoisotopic (exact) mass is 323 g/mol. The zero-order valence-corrected chi connectivity index (χ0v) is 13.4. The first-order chi connectivity index (χ1) is 11.5. The van der Waals surface area contributed by atoms with Crippen LogP contribution in [0.4, 0.5) is 11.4 Å². The highest BCUT2D eigenvalue weighted by Crippen LogP contribution is 2.35. The number of hydrogen-bond donors (Lipinski definition) is 1. The number of aryl methyl sites for hydroxylation is 1. The van der Waals surface area contributed by atoms with E-state index >= 15 is 0 Å². The van der Waals surface area contributed by atoms with Gasteiger partial charge >= 0.3 is 0 Å². The molecule has 0 bridgehead atoms. The molecule has 1 unspecified atom stereocenters. The number of likely N-dealkylation sites (N-methyl/N-ethyl adjacent to an activating group) is 1. The molecular weight excluding hydrogens is 306 g/mol. The van der Waals surface area contributed by atoms with E-state index in [1.807, 2.05) is 31.2 Å². The smallest absolute Gasteiger partial charge is 0.293 e. The number of benzene rings is 2. The molecule has 0 aromatic heterocycles. The second-order valence-electron chi connectivity index (χ2n) is 5.73. The molecule has 0 radical (unpaired) electrons.